The molecule has 4 nitrogen and oxygen atoms in total. The minimum absolute atomic E-state index is 0.299. The van der Waals surface area contributed by atoms with E-state index in [1.807, 2.05) is 6.92 Å². The number of ether oxygens (including phenoxy) is 1. The number of nitrogens with zero attached hydrogens (tertiary/aromatic N) is 1. The molecule has 0 saturated heterocycles. The summed E-state index contributed by atoms with van der Waals surface area (Å²) >= 11 is 0. The average Bonchev–Trinajstić information content (AvgIpc) is 2.74. The largest absolute Gasteiger partial charge is 0.497 e. The third kappa shape index (κ3) is 2.55. The van der Waals surface area contributed by atoms with Crippen molar-refractivity contribution in [3.05, 3.63) is 41.5 Å². The van der Waals surface area contributed by atoms with Gasteiger partial charge in [-0.25, -0.2) is 4.39 Å². The Kier molecular flexibility index (Phi) is 3.27. The summed E-state index contributed by atoms with van der Waals surface area (Å²) in [4.78, 5) is 0. The van der Waals surface area contributed by atoms with E-state index >= 15 is 0 Å². The number of aromatic nitrogens is 2. The summed E-state index contributed by atoms with van der Waals surface area (Å²) in [7, 11) is 1.55. The molecule has 0 aliphatic heterocycles. The zero-order valence-electron chi connectivity index (χ0n) is 9.75. The minimum Gasteiger partial charge on any atom is -0.497 e. The number of halogens is 1. The fourth-order valence-electron chi connectivity index (χ4n) is 1.51. The lowest BCUT2D eigenvalue weighted by molar-refractivity contribution is 0.414. The topological polar surface area (TPSA) is 49.9 Å². The molecule has 2 rings (SSSR count). The minimum atomic E-state index is -0.299. The molecule has 0 aliphatic carbocycles. The van der Waals surface area contributed by atoms with Gasteiger partial charge in [0.1, 0.15) is 11.6 Å². The van der Waals surface area contributed by atoms with Crippen LogP contribution in [-0.4, -0.2) is 17.3 Å². The summed E-state index contributed by atoms with van der Waals surface area (Å²) < 4.78 is 18.5. The molecule has 0 amide bonds. The second kappa shape index (κ2) is 4.86. The first-order chi connectivity index (χ1) is 8.20. The maximum absolute atomic E-state index is 13.5. The standard InChI is InChI=1S/C12H14FN3O/c1-8-9(7-15-16-8)6-14-12-5-10(17-2)3-4-11(12)13/h3-5,7,14H,6H2,1-2H3,(H,15,16). The van der Waals surface area contributed by atoms with E-state index in [1.165, 1.54) is 6.07 Å². The van der Waals surface area contributed by atoms with E-state index in [0.29, 0.717) is 18.0 Å². The smallest absolute Gasteiger partial charge is 0.146 e. The van der Waals surface area contributed by atoms with Crippen molar-refractivity contribution >= 4 is 5.69 Å². The van der Waals surface area contributed by atoms with Crippen LogP contribution in [0.1, 0.15) is 11.3 Å². The van der Waals surface area contributed by atoms with Crippen molar-refractivity contribution in [1.82, 2.24) is 10.2 Å². The molecular formula is C12H14FN3O. The van der Waals surface area contributed by atoms with Gasteiger partial charge >= 0.3 is 0 Å². The molecule has 5 heteroatoms. The molecular weight excluding hydrogens is 221 g/mol. The highest BCUT2D eigenvalue weighted by atomic mass is 19.1. The highest BCUT2D eigenvalue weighted by Crippen LogP contribution is 2.21. The molecule has 0 bridgehead atoms. The molecule has 0 spiro atoms. The van der Waals surface area contributed by atoms with Crippen molar-refractivity contribution in [2.75, 3.05) is 12.4 Å². The van der Waals surface area contributed by atoms with Gasteiger partial charge in [0.25, 0.3) is 0 Å². The van der Waals surface area contributed by atoms with Gasteiger partial charge in [0.2, 0.25) is 0 Å². The number of hydrogen-bond donors (Lipinski definition) is 2. The first-order valence-corrected chi connectivity index (χ1v) is 5.27. The molecule has 0 radical (unpaired) electrons. The van der Waals surface area contributed by atoms with E-state index in [1.54, 1.807) is 25.4 Å². The fraction of sp³-hybridized carbons (Fsp3) is 0.250. The maximum Gasteiger partial charge on any atom is 0.146 e. The lowest BCUT2D eigenvalue weighted by atomic mass is 10.2. The summed E-state index contributed by atoms with van der Waals surface area (Å²) in [5.74, 6) is 0.324. The lowest BCUT2D eigenvalue weighted by Gasteiger charge is -2.08. The number of nitrogens with one attached hydrogen (secondary N) is 2. The van der Waals surface area contributed by atoms with Gasteiger partial charge in [-0.05, 0) is 19.1 Å². The Hall–Kier alpha value is -2.04. The predicted molar refractivity (Wildman–Crippen MR) is 63.6 cm³/mol. The summed E-state index contributed by atoms with van der Waals surface area (Å²) in [6.07, 6.45) is 1.72. The van der Waals surface area contributed by atoms with Gasteiger partial charge in [0.15, 0.2) is 0 Å². The molecule has 0 atom stereocenters. The average molecular weight is 235 g/mol. The molecule has 2 aromatic rings. The lowest BCUT2D eigenvalue weighted by Crippen LogP contribution is -2.02. The van der Waals surface area contributed by atoms with Gasteiger partial charge in [-0.3, -0.25) is 5.10 Å². The normalized spacial score (nSPS) is 10.3. The summed E-state index contributed by atoms with van der Waals surface area (Å²) in [6.45, 7) is 2.44. The van der Waals surface area contributed by atoms with Crippen molar-refractivity contribution < 1.29 is 9.13 Å². The number of rotatable bonds is 4. The van der Waals surface area contributed by atoms with Crippen LogP contribution in [0.15, 0.2) is 24.4 Å². The van der Waals surface area contributed by atoms with E-state index < -0.39 is 0 Å². The second-order valence-electron chi connectivity index (χ2n) is 3.72. The Balaban J connectivity index is 2.11. The quantitative estimate of drug-likeness (QED) is 0.856. The monoisotopic (exact) mass is 235 g/mol. The third-order valence-corrected chi connectivity index (χ3v) is 2.58. The highest BCUT2D eigenvalue weighted by molar-refractivity contribution is 5.50. The molecule has 1 aromatic heterocycles. The number of aryl methyl sites for hydroxylation is 1. The second-order valence-corrected chi connectivity index (χ2v) is 3.72. The van der Waals surface area contributed by atoms with Crippen LogP contribution < -0.4 is 10.1 Å². The van der Waals surface area contributed by atoms with E-state index in [9.17, 15) is 4.39 Å². The number of hydrogen-bond acceptors (Lipinski definition) is 3. The van der Waals surface area contributed by atoms with Crippen molar-refractivity contribution in [3.8, 4) is 5.75 Å². The zero-order valence-corrected chi connectivity index (χ0v) is 9.75. The zero-order chi connectivity index (χ0) is 12.3. The molecule has 17 heavy (non-hydrogen) atoms. The molecule has 0 fully saturated rings. The van der Waals surface area contributed by atoms with Crippen LogP contribution in [0, 0.1) is 12.7 Å². The first kappa shape index (κ1) is 11.4. The Bertz CT molecular complexity index is 510. The van der Waals surface area contributed by atoms with Gasteiger partial charge < -0.3 is 10.1 Å². The molecule has 90 valence electrons. The third-order valence-electron chi connectivity index (χ3n) is 2.58. The Labute approximate surface area is 98.8 Å². The number of H-pyrrole nitrogens is 1. The Morgan fingerprint density at radius 2 is 2.29 bits per heavy atom. The number of methoxy groups -OCH3 is 1. The molecule has 0 saturated carbocycles. The van der Waals surface area contributed by atoms with Gasteiger partial charge in [0.05, 0.1) is 19.0 Å². The van der Waals surface area contributed by atoms with Crippen LogP contribution in [0.2, 0.25) is 0 Å². The fourth-order valence-corrected chi connectivity index (χ4v) is 1.51. The summed E-state index contributed by atoms with van der Waals surface area (Å²) in [5.41, 5.74) is 2.40. The maximum atomic E-state index is 13.5. The van der Waals surface area contributed by atoms with Crippen LogP contribution in [0.3, 0.4) is 0 Å². The highest BCUT2D eigenvalue weighted by Gasteiger charge is 2.05. The molecule has 1 aromatic carbocycles. The summed E-state index contributed by atoms with van der Waals surface area (Å²) in [6, 6.07) is 4.59. The molecule has 0 aliphatic rings. The molecule has 0 unspecified atom stereocenters. The van der Waals surface area contributed by atoms with Crippen molar-refractivity contribution in [2.24, 2.45) is 0 Å². The first-order valence-electron chi connectivity index (χ1n) is 5.27. The Morgan fingerprint density at radius 3 is 2.94 bits per heavy atom. The van der Waals surface area contributed by atoms with Gasteiger partial charge in [-0.15, -0.1) is 0 Å². The molecule has 1 heterocycles. The number of aromatic amines is 1. The van der Waals surface area contributed by atoms with E-state index in [2.05, 4.69) is 15.5 Å². The van der Waals surface area contributed by atoms with Crippen LogP contribution in [0.5, 0.6) is 5.75 Å². The number of anilines is 1. The summed E-state index contributed by atoms with van der Waals surface area (Å²) in [5, 5.41) is 9.76. The van der Waals surface area contributed by atoms with Crippen molar-refractivity contribution in [2.45, 2.75) is 13.5 Å². The van der Waals surface area contributed by atoms with Crippen LogP contribution in [0.25, 0.3) is 0 Å². The SMILES string of the molecule is COc1ccc(F)c(NCc2cn[nH]c2C)c1. The van der Waals surface area contributed by atoms with Gasteiger partial charge in [0, 0.05) is 23.9 Å². The predicted octanol–water partition coefficient (Wildman–Crippen LogP) is 2.48. The number of benzene rings is 1. The van der Waals surface area contributed by atoms with E-state index in [-0.39, 0.29) is 5.82 Å². The Morgan fingerprint density at radius 1 is 1.47 bits per heavy atom. The van der Waals surface area contributed by atoms with Crippen LogP contribution >= 0.6 is 0 Å². The van der Waals surface area contributed by atoms with Gasteiger partial charge in [-0.1, -0.05) is 0 Å². The van der Waals surface area contributed by atoms with Crippen LogP contribution in [0.4, 0.5) is 10.1 Å². The van der Waals surface area contributed by atoms with Crippen molar-refractivity contribution in [1.29, 1.82) is 0 Å². The van der Waals surface area contributed by atoms with E-state index in [0.717, 1.165) is 11.3 Å². The van der Waals surface area contributed by atoms with Crippen molar-refractivity contribution in [3.63, 3.8) is 0 Å². The van der Waals surface area contributed by atoms with Crippen LogP contribution in [-0.2, 0) is 6.54 Å². The molecule has 2 N–H and O–H groups in total. The van der Waals surface area contributed by atoms with Gasteiger partial charge in [-0.2, -0.15) is 5.10 Å². The van der Waals surface area contributed by atoms with E-state index in [4.69, 9.17) is 4.74 Å².